The highest BCUT2D eigenvalue weighted by atomic mass is 16.5. The minimum absolute atomic E-state index is 0.0243. The fourth-order valence-electron chi connectivity index (χ4n) is 4.20. The maximum atomic E-state index is 13.3. The van der Waals surface area contributed by atoms with Gasteiger partial charge in [-0.3, -0.25) is 14.5 Å². The minimum atomic E-state index is -0.812. The van der Waals surface area contributed by atoms with Gasteiger partial charge in [0.05, 0.1) is 38.2 Å². The first-order valence-electron chi connectivity index (χ1n) is 11.1. The zero-order chi connectivity index (χ0) is 24.1. The van der Waals surface area contributed by atoms with Gasteiger partial charge in [0.25, 0.3) is 5.91 Å². The molecule has 1 N–H and O–H groups in total. The zero-order valence-electron chi connectivity index (χ0n) is 19.1. The number of carbonyl (C=O) groups is 2. The van der Waals surface area contributed by atoms with E-state index in [2.05, 4.69) is 11.5 Å². The molecule has 34 heavy (non-hydrogen) atoms. The predicted molar refractivity (Wildman–Crippen MR) is 123 cm³/mol. The molecule has 1 fully saturated rings. The van der Waals surface area contributed by atoms with Crippen molar-refractivity contribution < 1.29 is 33.3 Å². The summed E-state index contributed by atoms with van der Waals surface area (Å²) in [7, 11) is 1.51. The number of ketones is 1. The Balaban J connectivity index is 1.70. The van der Waals surface area contributed by atoms with Gasteiger partial charge < -0.3 is 28.6 Å². The Hall–Kier alpha value is -3.56. The van der Waals surface area contributed by atoms with Gasteiger partial charge in [-0.1, -0.05) is 18.7 Å². The van der Waals surface area contributed by atoms with Crippen LogP contribution in [0.15, 0.2) is 65.0 Å². The number of hydrogen-bond acceptors (Lipinski definition) is 8. The summed E-state index contributed by atoms with van der Waals surface area (Å²) in [5.41, 5.74) is 0.584. The number of amides is 1. The first kappa shape index (κ1) is 23.6. The second kappa shape index (κ2) is 10.6. The average Bonchev–Trinajstić information content (AvgIpc) is 3.49. The van der Waals surface area contributed by atoms with Gasteiger partial charge in [0, 0.05) is 26.2 Å². The lowest BCUT2D eigenvalue weighted by Crippen LogP contribution is -2.43. The van der Waals surface area contributed by atoms with Crippen LogP contribution in [0.1, 0.15) is 22.2 Å². The molecule has 180 valence electrons. The summed E-state index contributed by atoms with van der Waals surface area (Å²) in [6.07, 6.45) is 3.00. The van der Waals surface area contributed by atoms with E-state index >= 15 is 0 Å². The van der Waals surface area contributed by atoms with Gasteiger partial charge in [0.15, 0.2) is 23.0 Å². The number of hydrogen-bond donors (Lipinski definition) is 1. The summed E-state index contributed by atoms with van der Waals surface area (Å²) in [5.74, 6) is -0.718. The Morgan fingerprint density at radius 3 is 2.71 bits per heavy atom. The molecule has 1 saturated heterocycles. The third-order valence-corrected chi connectivity index (χ3v) is 5.91. The fourth-order valence-corrected chi connectivity index (χ4v) is 4.20. The average molecular weight is 469 g/mol. The zero-order valence-corrected chi connectivity index (χ0v) is 19.1. The quantitative estimate of drug-likeness (QED) is 0.420. The molecule has 3 heterocycles. The van der Waals surface area contributed by atoms with Gasteiger partial charge in [-0.2, -0.15) is 0 Å². The van der Waals surface area contributed by atoms with Crippen molar-refractivity contribution in [2.24, 2.45) is 0 Å². The first-order chi connectivity index (χ1) is 16.5. The summed E-state index contributed by atoms with van der Waals surface area (Å²) in [6, 6.07) is 7.47. The normalized spacial score (nSPS) is 18.9. The lowest BCUT2D eigenvalue weighted by atomic mass is 9.94. The Bertz CT molecular complexity index is 1070. The molecule has 2 aliphatic heterocycles. The number of nitrogens with zero attached hydrogens (tertiary/aromatic N) is 2. The van der Waals surface area contributed by atoms with Crippen LogP contribution in [-0.2, 0) is 9.53 Å². The standard InChI is InChI=1S/C25H28N2O7/c1-3-12-33-18-7-6-17(16-20(18)31-2)22-21(23(28)19-5-4-13-34-19)24(29)25(30)27(22)9-8-26-10-14-32-15-11-26/h3-7,13,16,22,29H,1,8-12,14-15H2,2H3. The van der Waals surface area contributed by atoms with Crippen LogP contribution in [0.5, 0.6) is 11.5 Å². The van der Waals surface area contributed by atoms with Gasteiger partial charge in [-0.15, -0.1) is 0 Å². The molecule has 2 aliphatic rings. The monoisotopic (exact) mass is 468 g/mol. The first-order valence-corrected chi connectivity index (χ1v) is 11.1. The van der Waals surface area contributed by atoms with Crippen LogP contribution in [-0.4, -0.2) is 79.7 Å². The Morgan fingerprint density at radius 1 is 1.24 bits per heavy atom. The number of rotatable bonds is 10. The van der Waals surface area contributed by atoms with Crippen LogP contribution < -0.4 is 9.47 Å². The highest BCUT2D eigenvalue weighted by molar-refractivity contribution is 6.15. The van der Waals surface area contributed by atoms with Crippen molar-refractivity contribution in [1.29, 1.82) is 0 Å². The molecule has 0 saturated carbocycles. The van der Waals surface area contributed by atoms with E-state index in [1.165, 1.54) is 24.3 Å². The van der Waals surface area contributed by atoms with Crippen molar-refractivity contribution in [2.75, 3.05) is 53.1 Å². The van der Waals surface area contributed by atoms with E-state index in [1.54, 1.807) is 30.3 Å². The van der Waals surface area contributed by atoms with E-state index in [4.69, 9.17) is 18.6 Å². The van der Waals surface area contributed by atoms with Crippen LogP contribution in [0.2, 0.25) is 0 Å². The summed E-state index contributed by atoms with van der Waals surface area (Å²) >= 11 is 0. The molecular weight excluding hydrogens is 440 g/mol. The van der Waals surface area contributed by atoms with Crippen molar-refractivity contribution in [3.8, 4) is 11.5 Å². The molecule has 1 atom stereocenters. The number of aliphatic hydroxyl groups is 1. The third-order valence-electron chi connectivity index (χ3n) is 5.91. The minimum Gasteiger partial charge on any atom is -0.503 e. The Kier molecular flexibility index (Phi) is 7.34. The lowest BCUT2D eigenvalue weighted by molar-refractivity contribution is -0.129. The molecule has 0 radical (unpaired) electrons. The van der Waals surface area contributed by atoms with E-state index in [0.29, 0.717) is 50.0 Å². The van der Waals surface area contributed by atoms with Gasteiger partial charge in [-0.25, -0.2) is 0 Å². The number of aliphatic hydroxyl groups excluding tert-OH is 1. The molecule has 0 bridgehead atoms. The molecule has 9 nitrogen and oxygen atoms in total. The summed E-state index contributed by atoms with van der Waals surface area (Å²) < 4.78 is 21.8. The Labute approximate surface area is 197 Å². The van der Waals surface area contributed by atoms with Crippen molar-refractivity contribution in [1.82, 2.24) is 9.80 Å². The topological polar surface area (TPSA) is 102 Å². The maximum absolute atomic E-state index is 13.3. The van der Waals surface area contributed by atoms with Crippen LogP contribution in [0.25, 0.3) is 0 Å². The van der Waals surface area contributed by atoms with Crippen molar-refractivity contribution in [2.45, 2.75) is 6.04 Å². The molecule has 1 aromatic carbocycles. The molecular formula is C25H28N2O7. The fraction of sp³-hybridized carbons (Fsp3) is 0.360. The van der Waals surface area contributed by atoms with Crippen LogP contribution >= 0.6 is 0 Å². The number of benzene rings is 1. The van der Waals surface area contributed by atoms with Crippen molar-refractivity contribution >= 4 is 11.7 Å². The molecule has 1 amide bonds. The number of furan rings is 1. The summed E-state index contributed by atoms with van der Waals surface area (Å²) in [4.78, 5) is 30.1. The molecule has 1 aromatic heterocycles. The van der Waals surface area contributed by atoms with E-state index in [1.807, 2.05) is 0 Å². The van der Waals surface area contributed by atoms with Crippen LogP contribution in [0, 0.1) is 0 Å². The highest BCUT2D eigenvalue weighted by Crippen LogP contribution is 2.41. The van der Waals surface area contributed by atoms with Gasteiger partial charge in [0.2, 0.25) is 5.78 Å². The maximum Gasteiger partial charge on any atom is 0.290 e. The van der Waals surface area contributed by atoms with Crippen molar-refractivity contribution in [3.05, 3.63) is 71.9 Å². The largest absolute Gasteiger partial charge is 0.503 e. The van der Waals surface area contributed by atoms with E-state index in [0.717, 1.165) is 13.1 Å². The highest BCUT2D eigenvalue weighted by Gasteiger charge is 2.44. The second-order valence-corrected chi connectivity index (χ2v) is 7.93. The molecule has 9 heteroatoms. The summed E-state index contributed by atoms with van der Waals surface area (Å²) in [5, 5.41) is 10.8. The van der Waals surface area contributed by atoms with E-state index in [-0.39, 0.29) is 11.3 Å². The number of ether oxygens (including phenoxy) is 3. The lowest BCUT2D eigenvalue weighted by Gasteiger charge is -2.31. The molecule has 2 aromatic rings. The SMILES string of the molecule is C=CCOc1ccc(C2C(C(=O)c3ccco3)=C(O)C(=O)N2CCN2CCOCC2)cc1OC. The summed E-state index contributed by atoms with van der Waals surface area (Å²) in [6.45, 7) is 7.63. The van der Waals surface area contributed by atoms with E-state index in [9.17, 15) is 14.7 Å². The van der Waals surface area contributed by atoms with Crippen LogP contribution in [0.3, 0.4) is 0 Å². The second-order valence-electron chi connectivity index (χ2n) is 7.93. The van der Waals surface area contributed by atoms with Crippen LogP contribution in [0.4, 0.5) is 0 Å². The third kappa shape index (κ3) is 4.71. The van der Waals surface area contributed by atoms with Gasteiger partial charge in [-0.05, 0) is 29.8 Å². The predicted octanol–water partition coefficient (Wildman–Crippen LogP) is 2.76. The molecule has 4 rings (SSSR count). The number of Topliss-reactive ketones (excluding diaryl/α,β-unsaturated/α-hetero) is 1. The number of methoxy groups -OCH3 is 1. The molecule has 1 unspecified atom stereocenters. The van der Waals surface area contributed by atoms with Gasteiger partial charge in [0.1, 0.15) is 6.61 Å². The number of morpholine rings is 1. The van der Waals surface area contributed by atoms with Crippen molar-refractivity contribution in [3.63, 3.8) is 0 Å². The molecule has 0 spiro atoms. The number of carbonyl (C=O) groups excluding carboxylic acids is 2. The van der Waals surface area contributed by atoms with E-state index < -0.39 is 23.5 Å². The Morgan fingerprint density at radius 2 is 2.03 bits per heavy atom. The molecule has 0 aliphatic carbocycles. The van der Waals surface area contributed by atoms with Gasteiger partial charge >= 0.3 is 0 Å². The smallest absolute Gasteiger partial charge is 0.290 e.